The second-order valence-electron chi connectivity index (χ2n) is 5.63. The van der Waals surface area contributed by atoms with E-state index in [4.69, 9.17) is 4.74 Å². The summed E-state index contributed by atoms with van der Waals surface area (Å²) in [6.07, 6.45) is 0.129. The number of amides is 2. The molecular formula is C18H26N2O4. The number of nitrogens with zero attached hydrogens (tertiary/aromatic N) is 1. The third-order valence-electron chi connectivity index (χ3n) is 3.69. The number of aryl methyl sites for hydroxylation is 2. The standard InChI is InChI=1S/C18H26N2O4/c1-5-24-17(22)8-10-20(11-9-19-15(4)21)18(23)16-7-6-13(2)14(3)12-16/h6-7,12H,5,8-11H2,1-4H3,(H,19,21). The molecule has 0 aliphatic carbocycles. The molecule has 0 unspecified atom stereocenters. The summed E-state index contributed by atoms with van der Waals surface area (Å²) in [5.74, 6) is -0.651. The van der Waals surface area contributed by atoms with Crippen LogP contribution in [0.2, 0.25) is 0 Å². The Bertz CT molecular complexity index is 599. The topological polar surface area (TPSA) is 75.7 Å². The summed E-state index contributed by atoms with van der Waals surface area (Å²) in [4.78, 5) is 36.8. The summed E-state index contributed by atoms with van der Waals surface area (Å²) in [6.45, 7) is 8.35. The lowest BCUT2D eigenvalue weighted by molar-refractivity contribution is -0.143. The molecule has 0 saturated carbocycles. The van der Waals surface area contributed by atoms with Crippen LogP contribution >= 0.6 is 0 Å². The molecule has 0 aromatic heterocycles. The predicted molar refractivity (Wildman–Crippen MR) is 91.8 cm³/mol. The third-order valence-corrected chi connectivity index (χ3v) is 3.69. The Labute approximate surface area is 143 Å². The van der Waals surface area contributed by atoms with Crippen LogP contribution in [0.25, 0.3) is 0 Å². The molecule has 6 heteroatoms. The van der Waals surface area contributed by atoms with Gasteiger partial charge in [-0.1, -0.05) is 6.07 Å². The molecule has 2 amide bonds. The van der Waals surface area contributed by atoms with Crippen molar-refractivity contribution in [3.8, 4) is 0 Å². The molecule has 0 aliphatic rings. The first kappa shape index (κ1) is 19.7. The van der Waals surface area contributed by atoms with Gasteiger partial charge in [-0.15, -0.1) is 0 Å². The second-order valence-corrected chi connectivity index (χ2v) is 5.63. The van der Waals surface area contributed by atoms with Crippen molar-refractivity contribution in [3.63, 3.8) is 0 Å². The van der Waals surface area contributed by atoms with Crippen molar-refractivity contribution in [2.75, 3.05) is 26.2 Å². The number of ether oxygens (including phenoxy) is 1. The van der Waals surface area contributed by atoms with E-state index >= 15 is 0 Å². The fourth-order valence-electron chi connectivity index (χ4n) is 2.20. The first-order valence-corrected chi connectivity index (χ1v) is 8.11. The van der Waals surface area contributed by atoms with Gasteiger partial charge < -0.3 is 15.0 Å². The zero-order valence-electron chi connectivity index (χ0n) is 14.8. The van der Waals surface area contributed by atoms with Gasteiger partial charge in [-0.3, -0.25) is 14.4 Å². The molecule has 1 rings (SSSR count). The minimum atomic E-state index is -0.338. The maximum Gasteiger partial charge on any atom is 0.307 e. The zero-order valence-corrected chi connectivity index (χ0v) is 14.8. The van der Waals surface area contributed by atoms with E-state index in [2.05, 4.69) is 5.32 Å². The van der Waals surface area contributed by atoms with Crippen LogP contribution in [-0.2, 0) is 14.3 Å². The molecule has 0 spiro atoms. The Balaban J connectivity index is 2.80. The number of rotatable bonds is 8. The van der Waals surface area contributed by atoms with Gasteiger partial charge in [0.25, 0.3) is 5.91 Å². The summed E-state index contributed by atoms with van der Waals surface area (Å²) in [5.41, 5.74) is 2.72. The highest BCUT2D eigenvalue weighted by atomic mass is 16.5. The summed E-state index contributed by atoms with van der Waals surface area (Å²) < 4.78 is 4.91. The Morgan fingerprint density at radius 2 is 1.83 bits per heavy atom. The van der Waals surface area contributed by atoms with Gasteiger partial charge in [0.05, 0.1) is 13.0 Å². The van der Waals surface area contributed by atoms with Crippen LogP contribution in [-0.4, -0.2) is 48.9 Å². The molecule has 1 N–H and O–H groups in total. The van der Waals surface area contributed by atoms with Crippen molar-refractivity contribution in [1.82, 2.24) is 10.2 Å². The molecule has 0 aliphatic heterocycles. The lowest BCUT2D eigenvalue weighted by Crippen LogP contribution is -2.39. The molecule has 0 bridgehead atoms. The lowest BCUT2D eigenvalue weighted by atomic mass is 10.1. The van der Waals surface area contributed by atoms with Crippen LogP contribution < -0.4 is 5.32 Å². The van der Waals surface area contributed by atoms with Crippen LogP contribution in [0.5, 0.6) is 0 Å². The molecule has 24 heavy (non-hydrogen) atoms. The molecule has 132 valence electrons. The van der Waals surface area contributed by atoms with Crippen molar-refractivity contribution in [2.45, 2.75) is 34.1 Å². The smallest absolute Gasteiger partial charge is 0.307 e. The van der Waals surface area contributed by atoms with E-state index in [-0.39, 0.29) is 30.7 Å². The fraction of sp³-hybridized carbons (Fsp3) is 0.500. The number of hydrogen-bond acceptors (Lipinski definition) is 4. The quantitative estimate of drug-likeness (QED) is 0.736. The largest absolute Gasteiger partial charge is 0.466 e. The summed E-state index contributed by atoms with van der Waals surface area (Å²) >= 11 is 0. The Hall–Kier alpha value is -2.37. The van der Waals surface area contributed by atoms with Gasteiger partial charge in [0.2, 0.25) is 5.91 Å². The number of nitrogens with one attached hydrogen (secondary N) is 1. The highest BCUT2D eigenvalue weighted by Crippen LogP contribution is 2.12. The number of esters is 1. The normalized spacial score (nSPS) is 10.2. The first-order valence-electron chi connectivity index (χ1n) is 8.11. The van der Waals surface area contributed by atoms with Crippen molar-refractivity contribution in [2.24, 2.45) is 0 Å². The van der Waals surface area contributed by atoms with E-state index in [9.17, 15) is 14.4 Å². The van der Waals surface area contributed by atoms with Gasteiger partial charge in [-0.25, -0.2) is 0 Å². The van der Waals surface area contributed by atoms with E-state index in [1.807, 2.05) is 26.0 Å². The highest BCUT2D eigenvalue weighted by molar-refractivity contribution is 5.94. The lowest BCUT2D eigenvalue weighted by Gasteiger charge is -2.23. The number of carbonyl (C=O) groups excluding carboxylic acids is 3. The van der Waals surface area contributed by atoms with E-state index in [0.29, 0.717) is 25.3 Å². The number of carbonyl (C=O) groups is 3. The summed E-state index contributed by atoms with van der Waals surface area (Å²) in [5, 5.41) is 2.67. The van der Waals surface area contributed by atoms with E-state index in [1.54, 1.807) is 17.9 Å². The summed E-state index contributed by atoms with van der Waals surface area (Å²) in [7, 11) is 0. The average molecular weight is 334 g/mol. The average Bonchev–Trinajstić information content (AvgIpc) is 2.52. The van der Waals surface area contributed by atoms with Gasteiger partial charge >= 0.3 is 5.97 Å². The molecule has 1 aromatic rings. The highest BCUT2D eigenvalue weighted by Gasteiger charge is 2.17. The van der Waals surface area contributed by atoms with Gasteiger partial charge in [0.1, 0.15) is 0 Å². The van der Waals surface area contributed by atoms with Crippen molar-refractivity contribution in [3.05, 3.63) is 34.9 Å². The van der Waals surface area contributed by atoms with Crippen molar-refractivity contribution >= 4 is 17.8 Å². The van der Waals surface area contributed by atoms with Gasteiger partial charge in [-0.05, 0) is 44.0 Å². The van der Waals surface area contributed by atoms with Crippen LogP contribution in [0.3, 0.4) is 0 Å². The van der Waals surface area contributed by atoms with E-state index < -0.39 is 0 Å². The second kappa shape index (κ2) is 9.70. The SMILES string of the molecule is CCOC(=O)CCN(CCNC(C)=O)C(=O)c1ccc(C)c(C)c1. The van der Waals surface area contributed by atoms with Gasteiger partial charge in [0.15, 0.2) is 0 Å². The molecule has 1 aromatic carbocycles. The molecule has 0 atom stereocenters. The monoisotopic (exact) mass is 334 g/mol. The van der Waals surface area contributed by atoms with Gasteiger partial charge in [-0.2, -0.15) is 0 Å². The molecule has 6 nitrogen and oxygen atoms in total. The zero-order chi connectivity index (χ0) is 18.1. The Morgan fingerprint density at radius 3 is 2.42 bits per heavy atom. The maximum atomic E-state index is 12.7. The minimum absolute atomic E-state index is 0.129. The van der Waals surface area contributed by atoms with E-state index in [1.165, 1.54) is 6.92 Å². The first-order chi connectivity index (χ1) is 11.3. The van der Waals surface area contributed by atoms with E-state index in [0.717, 1.165) is 11.1 Å². The van der Waals surface area contributed by atoms with Crippen LogP contribution in [0, 0.1) is 13.8 Å². The predicted octanol–water partition coefficient (Wildman–Crippen LogP) is 1.83. The van der Waals surface area contributed by atoms with Crippen LogP contribution in [0.1, 0.15) is 41.8 Å². The Morgan fingerprint density at radius 1 is 1.12 bits per heavy atom. The van der Waals surface area contributed by atoms with Gasteiger partial charge in [0, 0.05) is 32.1 Å². The maximum absolute atomic E-state index is 12.7. The summed E-state index contributed by atoms with van der Waals surface area (Å²) in [6, 6.07) is 5.52. The molecule has 0 heterocycles. The molecule has 0 fully saturated rings. The molecular weight excluding hydrogens is 308 g/mol. The van der Waals surface area contributed by atoms with Crippen molar-refractivity contribution < 1.29 is 19.1 Å². The number of benzene rings is 1. The minimum Gasteiger partial charge on any atom is -0.466 e. The Kier molecular flexibility index (Phi) is 7.95. The third kappa shape index (κ3) is 6.40. The molecule has 0 saturated heterocycles. The van der Waals surface area contributed by atoms with Crippen LogP contribution in [0.4, 0.5) is 0 Å². The van der Waals surface area contributed by atoms with Crippen LogP contribution in [0.15, 0.2) is 18.2 Å². The number of hydrogen-bond donors (Lipinski definition) is 1. The van der Waals surface area contributed by atoms with Crippen molar-refractivity contribution in [1.29, 1.82) is 0 Å². The molecule has 0 radical (unpaired) electrons. The fourth-order valence-corrected chi connectivity index (χ4v) is 2.20.